The molecular formula is C27H54N3O3+. The van der Waals surface area contributed by atoms with E-state index in [0.29, 0.717) is 35.9 Å². The van der Waals surface area contributed by atoms with Gasteiger partial charge in [0.1, 0.15) is 0 Å². The third-order valence-electron chi connectivity index (χ3n) is 7.38. The molecule has 1 aliphatic rings. The fraction of sp³-hybridized carbons (Fsp3) is 0.926. The number of nitrogens with zero attached hydrogens (tertiary/aromatic N) is 2. The van der Waals surface area contributed by atoms with Gasteiger partial charge in [0.2, 0.25) is 6.41 Å². The van der Waals surface area contributed by atoms with Gasteiger partial charge in [0, 0.05) is 25.8 Å². The van der Waals surface area contributed by atoms with Crippen LogP contribution in [0.3, 0.4) is 0 Å². The maximum atomic E-state index is 13.6. The number of quaternary nitrogens is 1. The average molecular weight is 469 g/mol. The number of likely N-dealkylation sites (tertiary alicyclic amines) is 1. The molecule has 1 heterocycles. The molecule has 0 aromatic rings. The molecule has 1 fully saturated rings. The van der Waals surface area contributed by atoms with Gasteiger partial charge in [-0.2, -0.15) is 0 Å². The van der Waals surface area contributed by atoms with Gasteiger partial charge < -0.3 is 4.90 Å². The molecule has 1 N–H and O–H groups in total. The van der Waals surface area contributed by atoms with E-state index in [1.807, 2.05) is 0 Å². The smallest absolute Gasteiger partial charge is 0.309 e. The van der Waals surface area contributed by atoms with Crippen LogP contribution in [0.1, 0.15) is 116 Å². The van der Waals surface area contributed by atoms with Crippen molar-refractivity contribution < 1.29 is 18.9 Å². The van der Waals surface area contributed by atoms with Crippen LogP contribution in [-0.2, 0) is 14.4 Å². The molecule has 0 saturated carbocycles. The van der Waals surface area contributed by atoms with Crippen molar-refractivity contribution in [3.05, 3.63) is 0 Å². The van der Waals surface area contributed by atoms with E-state index in [9.17, 15) is 9.59 Å². The van der Waals surface area contributed by atoms with Crippen LogP contribution < -0.4 is 5.48 Å². The number of hydrogen-bond donors (Lipinski definition) is 1. The highest BCUT2D eigenvalue weighted by Crippen LogP contribution is 2.31. The monoisotopic (exact) mass is 468 g/mol. The highest BCUT2D eigenvalue weighted by Gasteiger charge is 2.44. The van der Waals surface area contributed by atoms with Crippen molar-refractivity contribution in [1.29, 1.82) is 0 Å². The molecule has 0 aromatic heterocycles. The van der Waals surface area contributed by atoms with Crippen LogP contribution in [0.15, 0.2) is 0 Å². The van der Waals surface area contributed by atoms with Gasteiger partial charge in [-0.15, -0.1) is 0 Å². The molecule has 0 aromatic carbocycles. The molecule has 0 spiro atoms. The quantitative estimate of drug-likeness (QED) is 0.103. The molecule has 6 nitrogen and oxygen atoms in total. The van der Waals surface area contributed by atoms with E-state index in [1.165, 1.54) is 70.6 Å². The summed E-state index contributed by atoms with van der Waals surface area (Å²) in [6.45, 7) is 5.66. The number of carbonyl (C=O) groups is 2. The summed E-state index contributed by atoms with van der Waals surface area (Å²) in [7, 11) is 4.20. The number of nitrogens with one attached hydrogen (secondary N) is 1. The van der Waals surface area contributed by atoms with Gasteiger partial charge in [0.25, 0.3) is 0 Å². The number of hydroxylamine groups is 1. The second-order valence-electron chi connectivity index (χ2n) is 10.3. The molecule has 0 aliphatic carbocycles. The molecule has 2 amide bonds. The Balaban J connectivity index is 2.45. The third kappa shape index (κ3) is 12.9. The van der Waals surface area contributed by atoms with Crippen molar-refractivity contribution >= 4 is 12.3 Å². The molecule has 33 heavy (non-hydrogen) atoms. The molecular weight excluding hydrogens is 414 g/mol. The lowest BCUT2D eigenvalue weighted by Gasteiger charge is -2.46. The Morgan fingerprint density at radius 1 is 0.970 bits per heavy atom. The summed E-state index contributed by atoms with van der Waals surface area (Å²) in [5.41, 5.74) is 2.30. The molecule has 2 unspecified atom stereocenters. The van der Waals surface area contributed by atoms with Crippen LogP contribution in [0, 0.1) is 0 Å². The van der Waals surface area contributed by atoms with Crippen LogP contribution in [0.25, 0.3) is 0 Å². The zero-order valence-corrected chi connectivity index (χ0v) is 22.1. The Bertz CT molecular complexity index is 501. The third-order valence-corrected chi connectivity index (χ3v) is 7.38. The number of rotatable bonds is 21. The van der Waals surface area contributed by atoms with Gasteiger partial charge in [-0.3, -0.25) is 14.1 Å². The van der Waals surface area contributed by atoms with Gasteiger partial charge in [-0.05, 0) is 33.4 Å². The Morgan fingerprint density at radius 3 is 2.21 bits per heavy atom. The molecule has 1 saturated heterocycles. The molecule has 6 heteroatoms. The van der Waals surface area contributed by atoms with Crippen LogP contribution in [0.5, 0.6) is 0 Å². The van der Waals surface area contributed by atoms with Crippen LogP contribution >= 0.6 is 0 Å². The zero-order valence-electron chi connectivity index (χ0n) is 22.1. The molecule has 194 valence electrons. The summed E-state index contributed by atoms with van der Waals surface area (Å²) in [6, 6.07) is 0.314. The molecule has 1 aliphatic heterocycles. The first-order valence-electron chi connectivity index (χ1n) is 13.9. The lowest BCUT2D eigenvalue weighted by Crippen LogP contribution is -2.62. The predicted octanol–water partition coefficient (Wildman–Crippen LogP) is 5.60. The second-order valence-corrected chi connectivity index (χ2v) is 10.3. The number of hydrogen-bond acceptors (Lipinski definition) is 4. The number of amides is 2. The molecule has 0 bridgehead atoms. The standard InChI is InChI=1S/C27H53N3O3/c1-4-5-6-7-8-9-10-11-12-13-14-19-27(32)30(23-17-21-29(2)3)22-16-15-18-26(30)20-24-33-28-25-31/h25-26H,4-24H2,1-3H3/p+1. The van der Waals surface area contributed by atoms with E-state index in [-0.39, 0.29) is 0 Å². The highest BCUT2D eigenvalue weighted by atomic mass is 16.6. The Morgan fingerprint density at radius 2 is 1.61 bits per heavy atom. The van der Waals surface area contributed by atoms with Gasteiger partial charge in [0.15, 0.2) is 0 Å². The summed E-state index contributed by atoms with van der Waals surface area (Å²) in [4.78, 5) is 31.5. The first-order chi connectivity index (χ1) is 16.1. The number of piperidine rings is 1. The topological polar surface area (TPSA) is 58.6 Å². The summed E-state index contributed by atoms with van der Waals surface area (Å²) in [5.74, 6) is 0.442. The van der Waals surface area contributed by atoms with Crippen LogP contribution in [-0.4, -0.2) is 68.1 Å². The SMILES string of the molecule is CCCCCCCCCCCCCC(=O)[N+]1(CCCN(C)C)CCCCC1CCONC=O. The second kappa shape index (κ2) is 19.3. The minimum absolute atomic E-state index is 0.314. The minimum Gasteiger partial charge on any atom is -0.309 e. The van der Waals surface area contributed by atoms with E-state index in [2.05, 4.69) is 31.4 Å². The van der Waals surface area contributed by atoms with E-state index < -0.39 is 0 Å². The Kier molecular flexibility index (Phi) is 17.6. The van der Waals surface area contributed by atoms with Crippen molar-refractivity contribution in [2.45, 2.75) is 122 Å². The Hall–Kier alpha value is -0.980. The normalized spacial score (nSPS) is 20.8. The highest BCUT2D eigenvalue weighted by molar-refractivity contribution is 5.69. The van der Waals surface area contributed by atoms with Crippen LogP contribution in [0.4, 0.5) is 0 Å². The van der Waals surface area contributed by atoms with E-state index in [1.54, 1.807) is 0 Å². The van der Waals surface area contributed by atoms with Gasteiger partial charge >= 0.3 is 5.91 Å². The lowest BCUT2D eigenvalue weighted by atomic mass is 9.93. The minimum atomic E-state index is 0.314. The zero-order chi connectivity index (χ0) is 24.2. The predicted molar refractivity (Wildman–Crippen MR) is 137 cm³/mol. The summed E-state index contributed by atoms with van der Waals surface area (Å²) >= 11 is 0. The van der Waals surface area contributed by atoms with Crippen molar-refractivity contribution in [3.8, 4) is 0 Å². The van der Waals surface area contributed by atoms with Crippen molar-refractivity contribution in [2.24, 2.45) is 0 Å². The van der Waals surface area contributed by atoms with E-state index in [4.69, 9.17) is 4.84 Å². The summed E-state index contributed by atoms with van der Waals surface area (Å²) < 4.78 is 0.635. The number of carbonyl (C=O) groups excluding carboxylic acids is 2. The van der Waals surface area contributed by atoms with E-state index in [0.717, 1.165) is 51.7 Å². The first kappa shape index (κ1) is 30.1. The molecule has 1 rings (SSSR count). The van der Waals surface area contributed by atoms with Crippen LogP contribution in [0.2, 0.25) is 0 Å². The molecule has 2 atom stereocenters. The van der Waals surface area contributed by atoms with E-state index >= 15 is 0 Å². The van der Waals surface area contributed by atoms with Crippen molar-refractivity contribution in [3.63, 3.8) is 0 Å². The van der Waals surface area contributed by atoms with Crippen molar-refractivity contribution in [1.82, 2.24) is 10.4 Å². The van der Waals surface area contributed by atoms with Gasteiger partial charge in [-0.25, -0.2) is 10.3 Å². The molecule has 0 radical (unpaired) electrons. The maximum Gasteiger partial charge on any atom is 0.313 e. The summed E-state index contributed by atoms with van der Waals surface area (Å²) in [6.07, 6.45) is 20.9. The summed E-state index contributed by atoms with van der Waals surface area (Å²) in [5, 5.41) is 0. The first-order valence-corrected chi connectivity index (χ1v) is 13.9. The van der Waals surface area contributed by atoms with Gasteiger partial charge in [-0.1, -0.05) is 71.1 Å². The fourth-order valence-electron chi connectivity index (χ4n) is 5.46. The van der Waals surface area contributed by atoms with Gasteiger partial charge in [0.05, 0.1) is 32.2 Å². The maximum absolute atomic E-state index is 13.6. The average Bonchev–Trinajstić information content (AvgIpc) is 2.80. The largest absolute Gasteiger partial charge is 0.313 e. The Labute approximate surface area is 204 Å². The van der Waals surface area contributed by atoms with Crippen molar-refractivity contribution in [2.75, 3.05) is 40.3 Å². The number of unbranched alkanes of at least 4 members (excludes halogenated alkanes) is 10. The lowest BCUT2D eigenvalue weighted by molar-refractivity contribution is -0.886. The fourth-order valence-corrected chi connectivity index (χ4v) is 5.46.